The third kappa shape index (κ3) is 1.54. The van der Waals surface area contributed by atoms with Crippen LogP contribution in [0.15, 0.2) is 30.5 Å². The Labute approximate surface area is 98.2 Å². The summed E-state index contributed by atoms with van der Waals surface area (Å²) >= 11 is 0. The first-order chi connectivity index (χ1) is 8.27. The van der Waals surface area contributed by atoms with E-state index < -0.39 is 12.0 Å². The highest BCUT2D eigenvalue weighted by molar-refractivity contribution is 5.80. The molecule has 1 unspecified atom stereocenters. The van der Waals surface area contributed by atoms with Crippen LogP contribution in [-0.4, -0.2) is 33.6 Å². The number of rotatable bonds is 2. The zero-order valence-corrected chi connectivity index (χ0v) is 9.28. The molecule has 1 fully saturated rings. The van der Waals surface area contributed by atoms with Crippen molar-refractivity contribution in [3.05, 3.63) is 30.5 Å². The van der Waals surface area contributed by atoms with Gasteiger partial charge in [0, 0.05) is 11.9 Å². The van der Waals surface area contributed by atoms with Crippen LogP contribution in [0.1, 0.15) is 12.8 Å². The molecule has 1 aliphatic rings. The number of carboxylic acid groups (broad SMARTS) is 1. The lowest BCUT2D eigenvalue weighted by atomic mass is 10.2. The lowest BCUT2D eigenvalue weighted by Crippen LogP contribution is -2.44. The number of nitrogens with zero attached hydrogens (tertiary/aromatic N) is 3. The molecule has 2 heterocycles. The maximum atomic E-state index is 11.2. The number of carboxylic acids is 1. The molecule has 1 aromatic carbocycles. The molecule has 0 aliphatic carbocycles. The Morgan fingerprint density at radius 3 is 3.06 bits per heavy atom. The van der Waals surface area contributed by atoms with E-state index in [2.05, 4.69) is 5.10 Å². The highest BCUT2D eigenvalue weighted by Crippen LogP contribution is 2.20. The summed E-state index contributed by atoms with van der Waals surface area (Å²) in [5.41, 5.74) is 0.959. The van der Waals surface area contributed by atoms with E-state index in [0.29, 0.717) is 6.42 Å². The van der Waals surface area contributed by atoms with Gasteiger partial charge in [-0.25, -0.2) is 4.79 Å². The average molecular weight is 231 g/mol. The molecule has 2 aromatic rings. The molecule has 1 N–H and O–H groups in total. The van der Waals surface area contributed by atoms with Gasteiger partial charge in [-0.2, -0.15) is 9.89 Å². The van der Waals surface area contributed by atoms with Crippen LogP contribution in [0.2, 0.25) is 0 Å². The molecule has 0 amide bonds. The number of hydrogen-bond donors (Lipinski definition) is 1. The summed E-state index contributed by atoms with van der Waals surface area (Å²) in [5, 5.41) is 16.3. The van der Waals surface area contributed by atoms with E-state index in [1.807, 2.05) is 29.3 Å². The molecule has 5 nitrogen and oxygen atoms in total. The SMILES string of the molecule is O=C(O)C1CCCN1n1ncc2ccccc21. The molecule has 0 radical (unpaired) electrons. The first kappa shape index (κ1) is 10.1. The maximum Gasteiger partial charge on any atom is 0.328 e. The molecule has 1 aliphatic heterocycles. The lowest BCUT2D eigenvalue weighted by Gasteiger charge is -2.23. The normalized spacial score (nSPS) is 20.0. The van der Waals surface area contributed by atoms with Crippen LogP contribution < -0.4 is 5.01 Å². The van der Waals surface area contributed by atoms with Crippen LogP contribution in [0.4, 0.5) is 0 Å². The Hall–Kier alpha value is -2.04. The molecule has 1 saturated heterocycles. The van der Waals surface area contributed by atoms with Crippen molar-refractivity contribution in [1.29, 1.82) is 0 Å². The fourth-order valence-electron chi connectivity index (χ4n) is 2.39. The van der Waals surface area contributed by atoms with E-state index >= 15 is 0 Å². The van der Waals surface area contributed by atoms with Crippen molar-refractivity contribution in [3.63, 3.8) is 0 Å². The molecule has 1 aromatic heterocycles. The van der Waals surface area contributed by atoms with Crippen LogP contribution in [0.5, 0.6) is 0 Å². The molecular weight excluding hydrogens is 218 g/mol. The summed E-state index contributed by atoms with van der Waals surface area (Å²) in [6.07, 6.45) is 3.35. The first-order valence-corrected chi connectivity index (χ1v) is 5.70. The van der Waals surface area contributed by atoms with Gasteiger partial charge in [0.15, 0.2) is 0 Å². The summed E-state index contributed by atoms with van der Waals surface area (Å²) in [6, 6.07) is 7.36. The fraction of sp³-hybridized carbons (Fsp3) is 0.333. The summed E-state index contributed by atoms with van der Waals surface area (Å²) in [7, 11) is 0. The van der Waals surface area contributed by atoms with Gasteiger partial charge in [-0.05, 0) is 18.9 Å². The Kier molecular flexibility index (Phi) is 2.24. The molecule has 17 heavy (non-hydrogen) atoms. The lowest BCUT2D eigenvalue weighted by molar-refractivity contribution is -0.138. The van der Waals surface area contributed by atoms with Crippen LogP contribution in [-0.2, 0) is 4.79 Å². The Bertz CT molecular complexity index is 564. The van der Waals surface area contributed by atoms with Crippen LogP contribution >= 0.6 is 0 Å². The minimum absolute atomic E-state index is 0.460. The summed E-state index contributed by atoms with van der Waals surface area (Å²) in [5.74, 6) is -0.776. The Balaban J connectivity index is 2.06. The van der Waals surface area contributed by atoms with Crippen molar-refractivity contribution in [3.8, 4) is 0 Å². The monoisotopic (exact) mass is 231 g/mol. The van der Waals surface area contributed by atoms with Gasteiger partial charge >= 0.3 is 5.97 Å². The second-order valence-corrected chi connectivity index (χ2v) is 4.25. The fourth-order valence-corrected chi connectivity index (χ4v) is 2.39. The number of fused-ring (bicyclic) bond motifs is 1. The smallest absolute Gasteiger partial charge is 0.328 e. The van der Waals surface area contributed by atoms with Crippen molar-refractivity contribution >= 4 is 16.9 Å². The van der Waals surface area contributed by atoms with Gasteiger partial charge in [-0.3, -0.25) is 5.01 Å². The first-order valence-electron chi connectivity index (χ1n) is 5.70. The molecule has 0 saturated carbocycles. The van der Waals surface area contributed by atoms with Gasteiger partial charge in [0.1, 0.15) is 6.04 Å². The van der Waals surface area contributed by atoms with E-state index in [4.69, 9.17) is 0 Å². The molecule has 88 valence electrons. The molecule has 5 heteroatoms. The number of benzene rings is 1. The maximum absolute atomic E-state index is 11.2. The van der Waals surface area contributed by atoms with E-state index in [9.17, 15) is 9.90 Å². The summed E-state index contributed by atoms with van der Waals surface area (Å²) < 4.78 is 0. The summed E-state index contributed by atoms with van der Waals surface area (Å²) in [6.45, 7) is 0.739. The van der Waals surface area contributed by atoms with E-state index in [1.54, 1.807) is 11.0 Å². The predicted molar refractivity (Wildman–Crippen MR) is 63.5 cm³/mol. The highest BCUT2D eigenvalue weighted by atomic mass is 16.4. The van der Waals surface area contributed by atoms with Gasteiger partial charge in [0.2, 0.25) is 0 Å². The van der Waals surface area contributed by atoms with Gasteiger partial charge in [-0.15, -0.1) is 0 Å². The zero-order valence-electron chi connectivity index (χ0n) is 9.28. The number of aliphatic carboxylic acids is 1. The second kappa shape index (κ2) is 3.76. The number of para-hydroxylation sites is 1. The quantitative estimate of drug-likeness (QED) is 0.844. The molecule has 1 atom stereocenters. The van der Waals surface area contributed by atoms with Crippen molar-refractivity contribution in [1.82, 2.24) is 9.89 Å². The summed E-state index contributed by atoms with van der Waals surface area (Å²) in [4.78, 5) is 12.9. The molecule has 3 rings (SSSR count). The second-order valence-electron chi connectivity index (χ2n) is 4.25. The molecule has 0 spiro atoms. The minimum Gasteiger partial charge on any atom is -0.480 e. The van der Waals surface area contributed by atoms with E-state index in [-0.39, 0.29) is 0 Å². The number of carbonyl (C=O) groups is 1. The molecular formula is C12H13N3O2. The van der Waals surface area contributed by atoms with Crippen molar-refractivity contribution < 1.29 is 9.90 Å². The van der Waals surface area contributed by atoms with Crippen LogP contribution in [0.25, 0.3) is 10.9 Å². The van der Waals surface area contributed by atoms with Crippen LogP contribution in [0.3, 0.4) is 0 Å². The average Bonchev–Trinajstić information content (AvgIpc) is 2.94. The van der Waals surface area contributed by atoms with Crippen molar-refractivity contribution in [2.24, 2.45) is 0 Å². The highest BCUT2D eigenvalue weighted by Gasteiger charge is 2.31. The molecule has 0 bridgehead atoms. The third-order valence-corrected chi connectivity index (χ3v) is 3.21. The standard InChI is InChI=1S/C12H13N3O2/c16-12(17)11-6-3-7-14(11)15-10-5-2-1-4-9(10)8-13-15/h1-2,4-5,8,11H,3,6-7H2,(H,16,17). The van der Waals surface area contributed by atoms with Gasteiger partial charge < -0.3 is 5.11 Å². The van der Waals surface area contributed by atoms with Crippen molar-refractivity contribution in [2.75, 3.05) is 11.6 Å². The van der Waals surface area contributed by atoms with Gasteiger partial charge in [0.05, 0.1) is 11.7 Å². The van der Waals surface area contributed by atoms with Crippen molar-refractivity contribution in [2.45, 2.75) is 18.9 Å². The topological polar surface area (TPSA) is 58.4 Å². The zero-order chi connectivity index (χ0) is 11.8. The number of aromatic nitrogens is 2. The number of hydrogen-bond acceptors (Lipinski definition) is 3. The van der Waals surface area contributed by atoms with Crippen LogP contribution in [0, 0.1) is 0 Å². The van der Waals surface area contributed by atoms with E-state index in [1.165, 1.54) is 0 Å². The third-order valence-electron chi connectivity index (χ3n) is 3.21. The van der Waals surface area contributed by atoms with E-state index in [0.717, 1.165) is 23.9 Å². The predicted octanol–water partition coefficient (Wildman–Crippen LogP) is 1.22. The minimum atomic E-state index is -0.776. The van der Waals surface area contributed by atoms with Gasteiger partial charge in [0.25, 0.3) is 0 Å². The Morgan fingerprint density at radius 2 is 2.24 bits per heavy atom. The largest absolute Gasteiger partial charge is 0.480 e. The van der Waals surface area contributed by atoms with Gasteiger partial charge in [-0.1, -0.05) is 18.2 Å². The Morgan fingerprint density at radius 1 is 1.41 bits per heavy atom.